The van der Waals surface area contributed by atoms with Crippen molar-refractivity contribution in [2.75, 3.05) is 0 Å². The molecule has 2 aromatic rings. The first-order valence-electron chi connectivity index (χ1n) is 12.9. The molecule has 2 rings (SSSR count). The Kier molecular flexibility index (Phi) is 13.3. The monoisotopic (exact) mass is 410 g/mol. The molecule has 0 N–H and O–H groups in total. The second-order valence-electron chi connectivity index (χ2n) is 9.05. The van der Waals surface area contributed by atoms with Crippen molar-refractivity contribution in [2.24, 2.45) is 0 Å². The van der Waals surface area contributed by atoms with Gasteiger partial charge in [0.1, 0.15) is 0 Å². The van der Waals surface area contributed by atoms with Gasteiger partial charge in [-0.15, -0.1) is 0 Å². The molecule has 1 atom stereocenters. The van der Waals surface area contributed by atoms with Crippen molar-refractivity contribution in [1.29, 1.82) is 0 Å². The largest absolute Gasteiger partial charge is 0.306 e. The van der Waals surface area contributed by atoms with Crippen LogP contribution in [0.4, 0.5) is 0 Å². The van der Waals surface area contributed by atoms with Gasteiger partial charge in [-0.2, -0.15) is 0 Å². The number of rotatable bonds is 18. The van der Waals surface area contributed by atoms with Crippen LogP contribution in [-0.2, 0) is 0 Å². The van der Waals surface area contributed by atoms with E-state index >= 15 is 0 Å². The van der Waals surface area contributed by atoms with E-state index in [1.807, 2.05) is 12.5 Å². The predicted molar refractivity (Wildman–Crippen MR) is 132 cm³/mol. The van der Waals surface area contributed by atoms with E-state index in [9.17, 15) is 0 Å². The van der Waals surface area contributed by atoms with Crippen molar-refractivity contribution in [3.05, 3.63) is 48.5 Å². The Morgan fingerprint density at radius 1 is 0.700 bits per heavy atom. The SMILES string of the molecule is CCCCCCCCCCCCCC[C@H](CCCC)c1ccccc1-n1ccnc1. The Hall–Kier alpha value is -1.57. The molecule has 0 bridgehead atoms. The topological polar surface area (TPSA) is 17.8 Å². The highest BCUT2D eigenvalue weighted by Crippen LogP contribution is 2.32. The van der Waals surface area contributed by atoms with Gasteiger partial charge in [0, 0.05) is 18.1 Å². The number of nitrogens with zero attached hydrogens (tertiary/aromatic N) is 2. The summed E-state index contributed by atoms with van der Waals surface area (Å²) < 4.78 is 2.18. The average Bonchev–Trinajstić information content (AvgIpc) is 3.31. The molecular weight excluding hydrogens is 364 g/mol. The van der Waals surface area contributed by atoms with Crippen LogP contribution in [0.5, 0.6) is 0 Å². The minimum Gasteiger partial charge on any atom is -0.306 e. The lowest BCUT2D eigenvalue weighted by Crippen LogP contribution is -2.05. The molecular formula is C28H46N2. The zero-order valence-corrected chi connectivity index (χ0v) is 19.8. The Balaban J connectivity index is 1.69. The zero-order valence-electron chi connectivity index (χ0n) is 19.8. The third kappa shape index (κ3) is 9.49. The Labute approximate surface area is 186 Å². The molecule has 2 nitrogen and oxygen atoms in total. The van der Waals surface area contributed by atoms with Crippen molar-refractivity contribution in [3.63, 3.8) is 0 Å². The van der Waals surface area contributed by atoms with Gasteiger partial charge in [0.25, 0.3) is 0 Å². The first-order chi connectivity index (χ1) is 14.9. The van der Waals surface area contributed by atoms with Crippen LogP contribution in [0.2, 0.25) is 0 Å². The molecule has 0 radical (unpaired) electrons. The maximum atomic E-state index is 4.26. The van der Waals surface area contributed by atoms with Crippen LogP contribution in [-0.4, -0.2) is 9.55 Å². The van der Waals surface area contributed by atoms with E-state index in [1.54, 1.807) is 0 Å². The van der Waals surface area contributed by atoms with Crippen molar-refractivity contribution in [3.8, 4) is 5.69 Å². The maximum Gasteiger partial charge on any atom is 0.0991 e. The molecule has 1 heterocycles. The number of aromatic nitrogens is 2. The normalized spacial score (nSPS) is 12.3. The second-order valence-corrected chi connectivity index (χ2v) is 9.05. The Bertz CT molecular complexity index is 632. The Morgan fingerprint density at radius 3 is 1.87 bits per heavy atom. The average molecular weight is 411 g/mol. The van der Waals surface area contributed by atoms with E-state index in [-0.39, 0.29) is 0 Å². The van der Waals surface area contributed by atoms with Gasteiger partial charge in [0.2, 0.25) is 0 Å². The van der Waals surface area contributed by atoms with E-state index in [1.165, 1.54) is 114 Å². The molecule has 0 amide bonds. The lowest BCUT2D eigenvalue weighted by Gasteiger charge is -2.21. The minimum absolute atomic E-state index is 0.673. The minimum atomic E-state index is 0.673. The molecule has 0 aliphatic carbocycles. The number of hydrogen-bond acceptors (Lipinski definition) is 1. The number of unbranched alkanes of at least 4 members (excludes halogenated alkanes) is 12. The first kappa shape index (κ1) is 24.7. The Morgan fingerprint density at radius 2 is 1.27 bits per heavy atom. The number of hydrogen-bond donors (Lipinski definition) is 0. The van der Waals surface area contributed by atoms with E-state index in [0.29, 0.717) is 5.92 Å². The van der Waals surface area contributed by atoms with Gasteiger partial charge in [-0.25, -0.2) is 4.98 Å². The van der Waals surface area contributed by atoms with E-state index in [0.717, 1.165) is 0 Å². The quantitative estimate of drug-likeness (QED) is 0.224. The summed E-state index contributed by atoms with van der Waals surface area (Å²) in [5.74, 6) is 0.673. The first-order valence-corrected chi connectivity index (χ1v) is 12.9. The fourth-order valence-electron chi connectivity index (χ4n) is 4.61. The highest BCUT2D eigenvalue weighted by Gasteiger charge is 2.15. The van der Waals surface area contributed by atoms with E-state index < -0.39 is 0 Å². The maximum absolute atomic E-state index is 4.26. The fraction of sp³-hybridized carbons (Fsp3) is 0.679. The van der Waals surface area contributed by atoms with Gasteiger partial charge >= 0.3 is 0 Å². The van der Waals surface area contributed by atoms with Crippen LogP contribution in [0, 0.1) is 0 Å². The van der Waals surface area contributed by atoms with Gasteiger partial charge in [-0.05, 0) is 30.4 Å². The molecule has 0 aliphatic rings. The molecule has 0 saturated heterocycles. The van der Waals surface area contributed by atoms with Crippen molar-refractivity contribution >= 4 is 0 Å². The van der Waals surface area contributed by atoms with E-state index in [4.69, 9.17) is 0 Å². The summed E-state index contributed by atoms with van der Waals surface area (Å²) >= 11 is 0. The van der Waals surface area contributed by atoms with Crippen LogP contribution in [0.25, 0.3) is 5.69 Å². The highest BCUT2D eigenvalue weighted by molar-refractivity contribution is 5.43. The van der Waals surface area contributed by atoms with E-state index in [2.05, 4.69) is 53.9 Å². The summed E-state index contributed by atoms with van der Waals surface area (Å²) in [7, 11) is 0. The number of imidazole rings is 1. The number of benzene rings is 1. The second kappa shape index (κ2) is 16.2. The summed E-state index contributed by atoms with van der Waals surface area (Å²) in [6, 6.07) is 8.95. The summed E-state index contributed by atoms with van der Waals surface area (Å²) in [4.78, 5) is 4.26. The third-order valence-corrected chi connectivity index (χ3v) is 6.47. The van der Waals surface area contributed by atoms with Gasteiger partial charge < -0.3 is 4.57 Å². The standard InChI is InChI=1S/C28H46N2/c1-3-5-7-8-9-10-11-12-13-14-15-16-20-26(19-6-4-2)27-21-17-18-22-28(27)30-24-23-29-25-30/h17-18,21-26H,3-16,19-20H2,1-2H3/t26-/m0/s1. The summed E-state index contributed by atoms with van der Waals surface area (Å²) in [6.07, 6.45) is 28.2. The third-order valence-electron chi connectivity index (χ3n) is 6.47. The highest BCUT2D eigenvalue weighted by atomic mass is 15.0. The summed E-state index contributed by atoms with van der Waals surface area (Å²) in [5, 5.41) is 0. The zero-order chi connectivity index (χ0) is 21.3. The molecule has 0 fully saturated rings. The van der Waals surface area contributed by atoms with Gasteiger partial charge in [-0.3, -0.25) is 0 Å². The lowest BCUT2D eigenvalue weighted by atomic mass is 9.87. The van der Waals surface area contributed by atoms with Gasteiger partial charge in [0.05, 0.1) is 6.33 Å². The van der Waals surface area contributed by atoms with Gasteiger partial charge in [0.15, 0.2) is 0 Å². The molecule has 30 heavy (non-hydrogen) atoms. The molecule has 0 saturated carbocycles. The van der Waals surface area contributed by atoms with Crippen LogP contribution >= 0.6 is 0 Å². The fourth-order valence-corrected chi connectivity index (χ4v) is 4.61. The van der Waals surface area contributed by atoms with Crippen LogP contribution in [0.15, 0.2) is 43.0 Å². The molecule has 1 aromatic carbocycles. The predicted octanol–water partition coefficient (Wildman–Crippen LogP) is 9.24. The van der Waals surface area contributed by atoms with Gasteiger partial charge in [-0.1, -0.05) is 122 Å². The van der Waals surface area contributed by atoms with Crippen LogP contribution in [0.3, 0.4) is 0 Å². The van der Waals surface area contributed by atoms with Crippen molar-refractivity contribution in [2.45, 2.75) is 122 Å². The molecule has 168 valence electrons. The molecule has 0 unspecified atom stereocenters. The summed E-state index contributed by atoms with van der Waals surface area (Å²) in [6.45, 7) is 4.60. The smallest absolute Gasteiger partial charge is 0.0991 e. The van der Waals surface area contributed by atoms with Crippen molar-refractivity contribution in [1.82, 2.24) is 9.55 Å². The van der Waals surface area contributed by atoms with Crippen molar-refractivity contribution < 1.29 is 0 Å². The summed E-state index contributed by atoms with van der Waals surface area (Å²) in [5.41, 5.74) is 2.82. The number of para-hydroxylation sites is 1. The molecule has 2 heteroatoms. The lowest BCUT2D eigenvalue weighted by molar-refractivity contribution is 0.494. The van der Waals surface area contributed by atoms with Crippen LogP contribution in [0.1, 0.15) is 128 Å². The van der Waals surface area contributed by atoms with Crippen LogP contribution < -0.4 is 0 Å². The molecule has 1 aromatic heterocycles. The molecule has 0 aliphatic heterocycles. The molecule has 0 spiro atoms.